The number of rotatable bonds is 10. The highest BCUT2D eigenvalue weighted by molar-refractivity contribution is 6.74. The summed E-state index contributed by atoms with van der Waals surface area (Å²) in [4.78, 5) is 0. The van der Waals surface area contributed by atoms with Crippen molar-refractivity contribution in [3.8, 4) is 5.75 Å². The molecule has 1 aliphatic carbocycles. The predicted octanol–water partition coefficient (Wildman–Crippen LogP) is 9.28. The van der Waals surface area contributed by atoms with E-state index >= 15 is 0 Å². The van der Waals surface area contributed by atoms with Crippen LogP contribution in [0.15, 0.2) is 36.4 Å². The van der Waals surface area contributed by atoms with Crippen LogP contribution in [0.1, 0.15) is 87.0 Å². The summed E-state index contributed by atoms with van der Waals surface area (Å²) in [5.74, 6) is 4.31. The molecule has 0 aromatic heterocycles. The Hall–Kier alpha value is -1.14. The van der Waals surface area contributed by atoms with E-state index in [9.17, 15) is 0 Å². The molecule has 2 fully saturated rings. The summed E-state index contributed by atoms with van der Waals surface area (Å²) in [5.41, 5.74) is 2.46. The van der Waals surface area contributed by atoms with Crippen LogP contribution >= 0.6 is 0 Å². The van der Waals surface area contributed by atoms with Gasteiger partial charge in [-0.1, -0.05) is 86.6 Å². The molecule has 0 radical (unpaired) electrons. The van der Waals surface area contributed by atoms with Crippen LogP contribution in [0, 0.1) is 41.4 Å². The fraction of sp³-hybridized carbons (Fsp3) is 0.765. The standard InChI is InChI=1S/C34H58O4Si/c1-21(18-22(2)30-19-23(3)32(27(30)7)38-39(12,13)34(8,9)10)25(5)26(6)31-24(4)20-36-33(37-31)28-14-16-29(35-11)17-15-28/h14-17,21,23-27,30-33H,2,18-20H2,1,3-13H3/t21-,23-,24-,25+,26-,27-,30?,31-,32-,33-/m1/s1. The van der Waals surface area contributed by atoms with Crippen molar-refractivity contribution in [2.45, 2.75) is 112 Å². The van der Waals surface area contributed by atoms with Gasteiger partial charge in [0.05, 0.1) is 25.9 Å². The summed E-state index contributed by atoms with van der Waals surface area (Å²) in [6.07, 6.45) is 2.44. The molecule has 0 amide bonds. The maximum atomic E-state index is 6.97. The molecule has 1 aromatic carbocycles. The fourth-order valence-electron chi connectivity index (χ4n) is 6.57. The molecule has 3 rings (SSSR count). The van der Waals surface area contributed by atoms with E-state index in [2.05, 4.69) is 82.0 Å². The van der Waals surface area contributed by atoms with E-state index in [4.69, 9.17) is 18.6 Å². The highest BCUT2D eigenvalue weighted by atomic mass is 28.4. The Bertz CT molecular complexity index is 936. The van der Waals surface area contributed by atoms with Crippen LogP contribution in [0.5, 0.6) is 5.75 Å². The zero-order chi connectivity index (χ0) is 29.3. The van der Waals surface area contributed by atoms with E-state index in [0.29, 0.717) is 54.1 Å². The number of hydrogen-bond acceptors (Lipinski definition) is 4. The predicted molar refractivity (Wildman–Crippen MR) is 165 cm³/mol. The van der Waals surface area contributed by atoms with Crippen molar-refractivity contribution in [1.82, 2.24) is 0 Å². The first-order chi connectivity index (χ1) is 18.1. The Labute approximate surface area is 241 Å². The van der Waals surface area contributed by atoms with E-state index in [-0.39, 0.29) is 17.4 Å². The summed E-state index contributed by atoms with van der Waals surface area (Å²) < 4.78 is 25.0. The van der Waals surface area contributed by atoms with Gasteiger partial charge >= 0.3 is 0 Å². The lowest BCUT2D eigenvalue weighted by Crippen LogP contribution is -2.46. The van der Waals surface area contributed by atoms with E-state index in [0.717, 1.165) is 17.7 Å². The molecule has 1 saturated heterocycles. The van der Waals surface area contributed by atoms with Gasteiger partial charge in [0.1, 0.15) is 5.75 Å². The summed E-state index contributed by atoms with van der Waals surface area (Å²) in [6.45, 7) is 31.4. The quantitative estimate of drug-likeness (QED) is 0.212. The molecule has 222 valence electrons. The van der Waals surface area contributed by atoms with Crippen LogP contribution in [-0.2, 0) is 13.9 Å². The van der Waals surface area contributed by atoms with Gasteiger partial charge in [0.15, 0.2) is 14.6 Å². The third kappa shape index (κ3) is 7.39. The molecule has 4 nitrogen and oxygen atoms in total. The number of allylic oxidation sites excluding steroid dienone is 1. The molecule has 5 heteroatoms. The van der Waals surface area contributed by atoms with Gasteiger partial charge in [-0.3, -0.25) is 0 Å². The molecule has 39 heavy (non-hydrogen) atoms. The number of methoxy groups -OCH3 is 1. The molecule has 2 aliphatic rings. The van der Waals surface area contributed by atoms with E-state index in [1.54, 1.807) is 7.11 Å². The Kier molecular flexibility index (Phi) is 10.6. The largest absolute Gasteiger partial charge is 0.497 e. The van der Waals surface area contributed by atoms with Gasteiger partial charge in [-0.2, -0.15) is 0 Å². The molecule has 1 unspecified atom stereocenters. The third-order valence-corrected chi connectivity index (χ3v) is 15.1. The van der Waals surface area contributed by atoms with Crippen molar-refractivity contribution in [2.75, 3.05) is 13.7 Å². The van der Waals surface area contributed by atoms with Gasteiger partial charge in [0, 0.05) is 11.5 Å². The Morgan fingerprint density at radius 2 is 1.67 bits per heavy atom. The Morgan fingerprint density at radius 1 is 1.05 bits per heavy atom. The van der Waals surface area contributed by atoms with Gasteiger partial charge in [-0.25, -0.2) is 0 Å². The van der Waals surface area contributed by atoms with Crippen molar-refractivity contribution in [2.24, 2.45) is 41.4 Å². The first kappa shape index (κ1) is 32.4. The minimum Gasteiger partial charge on any atom is -0.497 e. The minimum atomic E-state index is -1.80. The first-order valence-electron chi connectivity index (χ1n) is 15.3. The Morgan fingerprint density at radius 3 is 2.23 bits per heavy atom. The van der Waals surface area contributed by atoms with Crippen LogP contribution in [-0.4, -0.2) is 34.2 Å². The van der Waals surface area contributed by atoms with Crippen molar-refractivity contribution >= 4 is 8.32 Å². The zero-order valence-corrected chi connectivity index (χ0v) is 28.0. The highest BCUT2D eigenvalue weighted by Gasteiger charge is 2.47. The maximum Gasteiger partial charge on any atom is 0.192 e. The molecule has 10 atom stereocenters. The SMILES string of the molecule is C=C(C[C@@H](C)[C@H](C)[C@@H](C)[C@@H]1O[C@H](c2ccc(OC)cc2)OC[C@H]1C)C1C[C@@H](C)[C@@H](O[Si](C)(C)C(C)(C)C)[C@@H]1C. The van der Waals surface area contributed by atoms with Crippen LogP contribution in [0.25, 0.3) is 0 Å². The summed E-state index contributed by atoms with van der Waals surface area (Å²) in [6, 6.07) is 8.04. The van der Waals surface area contributed by atoms with Crippen molar-refractivity contribution < 1.29 is 18.6 Å². The third-order valence-electron chi connectivity index (χ3n) is 10.7. The van der Waals surface area contributed by atoms with Gasteiger partial charge in [0.25, 0.3) is 0 Å². The molecule has 0 bridgehead atoms. The molecule has 1 heterocycles. The van der Waals surface area contributed by atoms with E-state index < -0.39 is 8.32 Å². The minimum absolute atomic E-state index is 0.157. The molecule has 0 N–H and O–H groups in total. The van der Waals surface area contributed by atoms with Gasteiger partial charge in [0.2, 0.25) is 0 Å². The van der Waals surface area contributed by atoms with Crippen molar-refractivity contribution in [1.29, 1.82) is 0 Å². The van der Waals surface area contributed by atoms with E-state index in [1.165, 1.54) is 12.0 Å². The molecular formula is C34H58O4Si. The molecule has 1 aromatic rings. The lowest BCUT2D eigenvalue weighted by atomic mass is 9.74. The second-order valence-corrected chi connectivity index (χ2v) is 19.4. The second-order valence-electron chi connectivity index (χ2n) is 14.6. The zero-order valence-electron chi connectivity index (χ0n) is 27.0. The van der Waals surface area contributed by atoms with Crippen molar-refractivity contribution in [3.63, 3.8) is 0 Å². The van der Waals surface area contributed by atoms with E-state index in [1.807, 2.05) is 24.3 Å². The highest BCUT2D eigenvalue weighted by Crippen LogP contribution is 2.48. The van der Waals surface area contributed by atoms with Crippen LogP contribution in [0.3, 0.4) is 0 Å². The fourth-order valence-corrected chi connectivity index (χ4v) is 8.05. The van der Waals surface area contributed by atoms with Gasteiger partial charge in [-0.05, 0) is 78.6 Å². The smallest absolute Gasteiger partial charge is 0.192 e. The van der Waals surface area contributed by atoms with Gasteiger partial charge in [-0.15, -0.1) is 0 Å². The average molecular weight is 559 g/mol. The average Bonchev–Trinajstić information content (AvgIpc) is 3.15. The number of hydrogen-bond donors (Lipinski definition) is 0. The monoisotopic (exact) mass is 558 g/mol. The Balaban J connectivity index is 1.61. The number of ether oxygens (including phenoxy) is 3. The summed E-state index contributed by atoms with van der Waals surface area (Å²) >= 11 is 0. The lowest BCUT2D eigenvalue weighted by Gasteiger charge is -2.42. The number of benzene rings is 1. The van der Waals surface area contributed by atoms with Crippen LogP contribution in [0.4, 0.5) is 0 Å². The molecular weight excluding hydrogens is 500 g/mol. The van der Waals surface area contributed by atoms with Crippen molar-refractivity contribution in [3.05, 3.63) is 42.0 Å². The van der Waals surface area contributed by atoms with Gasteiger partial charge < -0.3 is 18.6 Å². The van der Waals surface area contributed by atoms with Crippen LogP contribution < -0.4 is 4.74 Å². The maximum absolute atomic E-state index is 6.97. The molecule has 1 aliphatic heterocycles. The van der Waals surface area contributed by atoms with Crippen LogP contribution in [0.2, 0.25) is 18.1 Å². The molecule has 0 spiro atoms. The lowest BCUT2D eigenvalue weighted by molar-refractivity contribution is -0.254. The summed E-state index contributed by atoms with van der Waals surface area (Å²) in [7, 11) is -0.115. The second kappa shape index (κ2) is 12.8. The molecule has 1 saturated carbocycles. The topological polar surface area (TPSA) is 36.9 Å². The normalized spacial score (nSPS) is 32.5. The summed E-state index contributed by atoms with van der Waals surface area (Å²) in [5, 5.41) is 0.234. The first-order valence-corrected chi connectivity index (χ1v) is 18.2.